The number of aliphatic hydroxyl groups is 1. The van der Waals surface area contributed by atoms with Gasteiger partial charge in [0, 0.05) is 18.7 Å². The second kappa shape index (κ2) is 6.30. The van der Waals surface area contributed by atoms with Gasteiger partial charge in [0.1, 0.15) is 0 Å². The predicted molar refractivity (Wildman–Crippen MR) is 45.9 cm³/mol. The van der Waals surface area contributed by atoms with Crippen molar-refractivity contribution in [2.24, 2.45) is 0 Å². The number of nitrogens with zero attached hydrogens (tertiary/aromatic N) is 1. The maximum atomic E-state index is 10.0. The van der Waals surface area contributed by atoms with E-state index in [1.54, 1.807) is 25.1 Å². The van der Waals surface area contributed by atoms with E-state index in [9.17, 15) is 10.1 Å². The molecule has 0 bridgehead atoms. The Balaban J connectivity index is 0.000000354. The van der Waals surface area contributed by atoms with Crippen LogP contribution in [0.5, 0.6) is 0 Å². The highest BCUT2D eigenvalue weighted by atomic mass is 16.6. The molecule has 4 heteroatoms. The molecule has 0 radical (unpaired) electrons. The Bertz CT molecular complexity index is 223. The van der Waals surface area contributed by atoms with Gasteiger partial charge < -0.3 is 5.11 Å². The summed E-state index contributed by atoms with van der Waals surface area (Å²) in [5.41, 5.74) is 0.137. The SMILES string of the molecule is CCO.O=[N+]([O-])c1ccccc1. The zero-order chi connectivity index (χ0) is 9.40. The first kappa shape index (κ1) is 10.6. The summed E-state index contributed by atoms with van der Waals surface area (Å²) in [6.45, 7) is 1.93. The van der Waals surface area contributed by atoms with E-state index in [1.807, 2.05) is 0 Å². The van der Waals surface area contributed by atoms with Gasteiger partial charge in [0.25, 0.3) is 5.69 Å². The Morgan fingerprint density at radius 3 is 2.08 bits per heavy atom. The van der Waals surface area contributed by atoms with Crippen molar-refractivity contribution in [3.8, 4) is 0 Å². The topological polar surface area (TPSA) is 63.4 Å². The van der Waals surface area contributed by atoms with Gasteiger partial charge in [-0.15, -0.1) is 0 Å². The molecule has 1 aromatic carbocycles. The monoisotopic (exact) mass is 169 g/mol. The number of nitro groups is 1. The molecule has 0 aromatic heterocycles. The molecular formula is C8H11NO3. The van der Waals surface area contributed by atoms with Crippen LogP contribution in [0, 0.1) is 10.1 Å². The molecule has 4 nitrogen and oxygen atoms in total. The lowest BCUT2D eigenvalue weighted by Crippen LogP contribution is -1.84. The van der Waals surface area contributed by atoms with Crippen molar-refractivity contribution in [3.05, 3.63) is 40.4 Å². The maximum Gasteiger partial charge on any atom is 0.269 e. The largest absolute Gasteiger partial charge is 0.397 e. The molecule has 0 heterocycles. The van der Waals surface area contributed by atoms with E-state index in [4.69, 9.17) is 5.11 Å². The predicted octanol–water partition coefficient (Wildman–Crippen LogP) is 1.59. The molecule has 0 unspecified atom stereocenters. The lowest BCUT2D eigenvalue weighted by molar-refractivity contribution is -0.384. The number of hydrogen-bond acceptors (Lipinski definition) is 3. The van der Waals surface area contributed by atoms with Crippen molar-refractivity contribution < 1.29 is 10.0 Å². The van der Waals surface area contributed by atoms with E-state index >= 15 is 0 Å². The van der Waals surface area contributed by atoms with Crippen LogP contribution in [0.15, 0.2) is 30.3 Å². The first-order chi connectivity index (χ1) is 5.72. The summed E-state index contributed by atoms with van der Waals surface area (Å²) in [6, 6.07) is 7.93. The third-order valence-electron chi connectivity index (χ3n) is 0.967. The number of nitro benzene ring substituents is 1. The van der Waals surface area contributed by atoms with Crippen molar-refractivity contribution >= 4 is 5.69 Å². The molecule has 0 atom stereocenters. The van der Waals surface area contributed by atoms with Gasteiger partial charge in [0.2, 0.25) is 0 Å². The number of non-ortho nitro benzene ring substituents is 1. The third kappa shape index (κ3) is 4.40. The average Bonchev–Trinajstić information content (AvgIpc) is 2.07. The third-order valence-corrected chi connectivity index (χ3v) is 0.967. The van der Waals surface area contributed by atoms with Crippen LogP contribution in [0.25, 0.3) is 0 Å². The summed E-state index contributed by atoms with van der Waals surface area (Å²) in [7, 11) is 0. The quantitative estimate of drug-likeness (QED) is 0.513. The van der Waals surface area contributed by atoms with Crippen LogP contribution < -0.4 is 0 Å². The Hall–Kier alpha value is -1.42. The van der Waals surface area contributed by atoms with Crippen LogP contribution in [-0.2, 0) is 0 Å². The fourth-order valence-electron chi connectivity index (χ4n) is 0.550. The van der Waals surface area contributed by atoms with Gasteiger partial charge in [-0.3, -0.25) is 10.1 Å². The van der Waals surface area contributed by atoms with Gasteiger partial charge in [-0.05, 0) is 6.92 Å². The molecule has 0 spiro atoms. The minimum Gasteiger partial charge on any atom is -0.397 e. The highest BCUT2D eigenvalue weighted by molar-refractivity contribution is 5.27. The molecule has 0 aliphatic carbocycles. The normalized spacial score (nSPS) is 8.17. The summed E-state index contributed by atoms with van der Waals surface area (Å²) in [5.74, 6) is 0. The minimum absolute atomic E-state index is 0.137. The molecule has 0 saturated carbocycles. The molecule has 12 heavy (non-hydrogen) atoms. The van der Waals surface area contributed by atoms with E-state index in [0.717, 1.165) is 0 Å². The molecule has 1 rings (SSSR count). The second-order valence-corrected chi connectivity index (χ2v) is 1.91. The molecule has 0 aliphatic heterocycles. The number of hydrogen-bond donors (Lipinski definition) is 1. The Morgan fingerprint density at radius 2 is 1.83 bits per heavy atom. The number of para-hydroxylation sites is 1. The van der Waals surface area contributed by atoms with E-state index in [1.165, 1.54) is 12.1 Å². The lowest BCUT2D eigenvalue weighted by atomic mass is 10.3. The van der Waals surface area contributed by atoms with E-state index < -0.39 is 4.92 Å². The number of benzene rings is 1. The van der Waals surface area contributed by atoms with E-state index in [2.05, 4.69) is 0 Å². The first-order valence-corrected chi connectivity index (χ1v) is 3.52. The lowest BCUT2D eigenvalue weighted by Gasteiger charge is -1.85. The smallest absolute Gasteiger partial charge is 0.269 e. The molecule has 0 amide bonds. The van der Waals surface area contributed by atoms with E-state index in [-0.39, 0.29) is 12.3 Å². The average molecular weight is 169 g/mol. The summed E-state index contributed by atoms with van der Waals surface area (Å²) in [6.07, 6.45) is 0. The van der Waals surface area contributed by atoms with Crippen LogP contribution in [0.2, 0.25) is 0 Å². The number of rotatable bonds is 1. The van der Waals surface area contributed by atoms with Gasteiger partial charge in [-0.1, -0.05) is 18.2 Å². The first-order valence-electron chi connectivity index (χ1n) is 3.52. The van der Waals surface area contributed by atoms with Gasteiger partial charge in [-0.2, -0.15) is 0 Å². The molecule has 1 aromatic rings. The zero-order valence-corrected chi connectivity index (χ0v) is 6.80. The minimum atomic E-state index is -0.417. The Labute approximate surface area is 70.6 Å². The fraction of sp³-hybridized carbons (Fsp3) is 0.250. The summed E-state index contributed by atoms with van der Waals surface area (Å²) >= 11 is 0. The van der Waals surface area contributed by atoms with Gasteiger partial charge in [-0.25, -0.2) is 0 Å². The Morgan fingerprint density at radius 1 is 1.42 bits per heavy atom. The van der Waals surface area contributed by atoms with Crippen LogP contribution in [0.1, 0.15) is 6.92 Å². The molecule has 0 saturated heterocycles. The van der Waals surface area contributed by atoms with Crippen LogP contribution in [0.3, 0.4) is 0 Å². The number of aliphatic hydroxyl groups excluding tert-OH is 1. The van der Waals surface area contributed by atoms with Crippen LogP contribution in [0.4, 0.5) is 5.69 Å². The van der Waals surface area contributed by atoms with Crippen LogP contribution in [-0.4, -0.2) is 16.6 Å². The highest BCUT2D eigenvalue weighted by Gasteiger charge is 1.98. The zero-order valence-electron chi connectivity index (χ0n) is 6.80. The standard InChI is InChI=1S/C6H5NO2.C2H6O/c8-7(9)6-4-2-1-3-5-6;1-2-3/h1-5H;3H,2H2,1H3. The summed E-state index contributed by atoms with van der Waals surface area (Å²) in [5, 5.41) is 17.6. The fourth-order valence-corrected chi connectivity index (χ4v) is 0.550. The van der Waals surface area contributed by atoms with Crippen molar-refractivity contribution in [2.75, 3.05) is 6.61 Å². The molecule has 66 valence electrons. The Kier molecular flexibility index (Phi) is 5.55. The van der Waals surface area contributed by atoms with Gasteiger partial charge >= 0.3 is 0 Å². The molecular weight excluding hydrogens is 158 g/mol. The summed E-state index contributed by atoms with van der Waals surface area (Å²) in [4.78, 5) is 9.59. The molecule has 0 aliphatic rings. The molecule has 0 fully saturated rings. The summed E-state index contributed by atoms with van der Waals surface area (Å²) < 4.78 is 0. The van der Waals surface area contributed by atoms with Crippen LogP contribution >= 0.6 is 0 Å². The van der Waals surface area contributed by atoms with Crippen molar-refractivity contribution in [3.63, 3.8) is 0 Å². The van der Waals surface area contributed by atoms with Gasteiger partial charge in [0.15, 0.2) is 0 Å². The van der Waals surface area contributed by atoms with E-state index in [0.29, 0.717) is 0 Å². The highest BCUT2D eigenvalue weighted by Crippen LogP contribution is 2.06. The van der Waals surface area contributed by atoms with Gasteiger partial charge in [0.05, 0.1) is 4.92 Å². The van der Waals surface area contributed by atoms with Crippen molar-refractivity contribution in [2.45, 2.75) is 6.92 Å². The van der Waals surface area contributed by atoms with Crippen molar-refractivity contribution in [1.82, 2.24) is 0 Å². The molecule has 1 N–H and O–H groups in total. The second-order valence-electron chi connectivity index (χ2n) is 1.91. The van der Waals surface area contributed by atoms with Crippen molar-refractivity contribution in [1.29, 1.82) is 0 Å². The maximum absolute atomic E-state index is 10.0.